The Kier molecular flexibility index (Phi) is 3.19. The topological polar surface area (TPSA) is 67.9 Å². The van der Waals surface area contributed by atoms with Crippen LogP contribution in [-0.4, -0.2) is 23.9 Å². The molecule has 0 saturated carbocycles. The van der Waals surface area contributed by atoms with Gasteiger partial charge in [-0.15, -0.1) is 0 Å². The molecule has 1 amide bonds. The molecule has 0 aromatic heterocycles. The number of rotatable bonds is 3. The molecule has 0 bridgehead atoms. The molecule has 0 aliphatic carbocycles. The van der Waals surface area contributed by atoms with Crippen molar-refractivity contribution in [3.05, 3.63) is 28.8 Å². The van der Waals surface area contributed by atoms with Crippen LogP contribution in [-0.2, 0) is 11.3 Å². The van der Waals surface area contributed by atoms with Crippen molar-refractivity contribution in [2.24, 2.45) is 10.8 Å². The average Bonchev–Trinajstić information content (AvgIpc) is 2.60. The number of ether oxygens (including phenoxy) is 1. The van der Waals surface area contributed by atoms with Crippen LogP contribution in [0.3, 0.4) is 0 Å². The predicted octanol–water partition coefficient (Wildman–Crippen LogP) is 1.35. The average molecular weight is 254 g/mol. The number of benzene rings is 1. The Morgan fingerprint density at radius 3 is 2.94 bits per heavy atom. The SMILES string of the molecule is COc1cc(CN2N=C(N)CC2=O)ccc1Cl. The first-order valence-electron chi connectivity index (χ1n) is 5.06. The highest BCUT2D eigenvalue weighted by Gasteiger charge is 2.22. The Bertz CT molecular complexity index is 488. The van der Waals surface area contributed by atoms with Gasteiger partial charge in [0.15, 0.2) is 0 Å². The first-order valence-corrected chi connectivity index (χ1v) is 5.43. The Labute approximate surface area is 104 Å². The zero-order valence-corrected chi connectivity index (χ0v) is 10.1. The number of amidine groups is 1. The van der Waals surface area contributed by atoms with Crippen LogP contribution in [0, 0.1) is 0 Å². The van der Waals surface area contributed by atoms with E-state index in [1.807, 2.05) is 6.07 Å². The molecule has 0 fully saturated rings. The molecule has 6 heteroatoms. The third-order valence-electron chi connectivity index (χ3n) is 2.42. The van der Waals surface area contributed by atoms with Gasteiger partial charge in [0.2, 0.25) is 0 Å². The summed E-state index contributed by atoms with van der Waals surface area (Å²) >= 11 is 5.91. The molecule has 1 aromatic rings. The molecule has 2 N–H and O–H groups in total. The normalized spacial score (nSPS) is 15.1. The van der Waals surface area contributed by atoms with Gasteiger partial charge in [0, 0.05) is 0 Å². The number of halogens is 1. The minimum absolute atomic E-state index is 0.101. The summed E-state index contributed by atoms with van der Waals surface area (Å²) in [7, 11) is 1.54. The van der Waals surface area contributed by atoms with Gasteiger partial charge in [-0.1, -0.05) is 17.7 Å². The molecule has 1 aliphatic heterocycles. The van der Waals surface area contributed by atoms with Gasteiger partial charge < -0.3 is 10.5 Å². The summed E-state index contributed by atoms with van der Waals surface area (Å²) in [5, 5.41) is 5.83. The number of carbonyl (C=O) groups excluding carboxylic acids is 1. The van der Waals surface area contributed by atoms with Gasteiger partial charge in [-0.2, -0.15) is 5.10 Å². The fourth-order valence-electron chi connectivity index (χ4n) is 1.59. The van der Waals surface area contributed by atoms with Crippen molar-refractivity contribution in [2.75, 3.05) is 7.11 Å². The predicted molar refractivity (Wildman–Crippen MR) is 64.8 cm³/mol. The molecule has 1 aromatic carbocycles. The highest BCUT2D eigenvalue weighted by atomic mass is 35.5. The molecule has 0 spiro atoms. The number of hydrogen-bond donors (Lipinski definition) is 1. The van der Waals surface area contributed by atoms with Gasteiger partial charge in [-0.05, 0) is 17.7 Å². The molecule has 2 rings (SSSR count). The van der Waals surface area contributed by atoms with E-state index in [1.54, 1.807) is 19.2 Å². The molecular formula is C11H12ClN3O2. The van der Waals surface area contributed by atoms with Crippen LogP contribution in [0.1, 0.15) is 12.0 Å². The zero-order valence-electron chi connectivity index (χ0n) is 9.31. The maximum absolute atomic E-state index is 11.5. The lowest BCUT2D eigenvalue weighted by molar-refractivity contribution is -0.129. The smallest absolute Gasteiger partial charge is 0.250 e. The summed E-state index contributed by atoms with van der Waals surface area (Å²) in [4.78, 5) is 11.5. The van der Waals surface area contributed by atoms with Gasteiger partial charge in [0.05, 0.1) is 25.1 Å². The third-order valence-corrected chi connectivity index (χ3v) is 2.73. The number of hydrogen-bond acceptors (Lipinski definition) is 4. The van der Waals surface area contributed by atoms with Gasteiger partial charge >= 0.3 is 0 Å². The molecule has 17 heavy (non-hydrogen) atoms. The highest BCUT2D eigenvalue weighted by molar-refractivity contribution is 6.32. The molecule has 1 heterocycles. The van der Waals surface area contributed by atoms with Gasteiger partial charge in [-0.25, -0.2) is 5.01 Å². The summed E-state index contributed by atoms with van der Waals surface area (Å²) in [6, 6.07) is 5.32. The van der Waals surface area contributed by atoms with Crippen LogP contribution in [0.2, 0.25) is 5.02 Å². The molecule has 0 unspecified atom stereocenters. The molecular weight excluding hydrogens is 242 g/mol. The maximum Gasteiger partial charge on any atom is 0.250 e. The molecule has 90 valence electrons. The summed E-state index contributed by atoms with van der Waals surface area (Å²) in [6.45, 7) is 0.368. The Hall–Kier alpha value is -1.75. The minimum Gasteiger partial charge on any atom is -0.495 e. The summed E-state index contributed by atoms with van der Waals surface area (Å²) in [5.41, 5.74) is 6.38. The monoisotopic (exact) mass is 253 g/mol. The number of nitrogens with zero attached hydrogens (tertiary/aromatic N) is 2. The van der Waals surface area contributed by atoms with Crippen LogP contribution in [0.5, 0.6) is 5.75 Å². The summed E-state index contributed by atoms with van der Waals surface area (Å²) in [5.74, 6) is 0.820. The first-order chi connectivity index (χ1) is 8.10. The van der Waals surface area contributed by atoms with E-state index in [0.29, 0.717) is 23.2 Å². The van der Waals surface area contributed by atoms with E-state index in [9.17, 15) is 4.79 Å². The van der Waals surface area contributed by atoms with E-state index in [2.05, 4.69) is 5.10 Å². The van der Waals surface area contributed by atoms with E-state index in [1.165, 1.54) is 5.01 Å². The van der Waals surface area contributed by atoms with Crippen molar-refractivity contribution >= 4 is 23.3 Å². The third kappa shape index (κ3) is 2.50. The maximum atomic E-state index is 11.5. The van der Waals surface area contributed by atoms with Crippen molar-refractivity contribution in [2.45, 2.75) is 13.0 Å². The van der Waals surface area contributed by atoms with Crippen LogP contribution in [0.25, 0.3) is 0 Å². The quantitative estimate of drug-likeness (QED) is 0.884. The molecule has 0 atom stereocenters. The second-order valence-corrected chi connectivity index (χ2v) is 4.10. The van der Waals surface area contributed by atoms with Crippen molar-refractivity contribution in [1.82, 2.24) is 5.01 Å². The van der Waals surface area contributed by atoms with Crippen LogP contribution < -0.4 is 10.5 Å². The van der Waals surface area contributed by atoms with Gasteiger partial charge in [0.1, 0.15) is 11.6 Å². The molecule has 0 saturated heterocycles. The van der Waals surface area contributed by atoms with Crippen LogP contribution in [0.4, 0.5) is 0 Å². The van der Waals surface area contributed by atoms with Crippen LogP contribution in [0.15, 0.2) is 23.3 Å². The minimum atomic E-state index is -0.101. The largest absolute Gasteiger partial charge is 0.495 e. The van der Waals surface area contributed by atoms with Crippen molar-refractivity contribution in [1.29, 1.82) is 0 Å². The van der Waals surface area contributed by atoms with Crippen molar-refractivity contribution in [3.8, 4) is 5.75 Å². The van der Waals surface area contributed by atoms with Crippen LogP contribution >= 0.6 is 11.6 Å². The molecule has 0 radical (unpaired) electrons. The fraction of sp³-hybridized carbons (Fsp3) is 0.273. The van der Waals surface area contributed by atoms with Gasteiger partial charge in [0.25, 0.3) is 5.91 Å². The second kappa shape index (κ2) is 4.63. The molecule has 1 aliphatic rings. The number of hydrazone groups is 1. The highest BCUT2D eigenvalue weighted by Crippen LogP contribution is 2.26. The number of carbonyl (C=O) groups is 1. The summed E-state index contributed by atoms with van der Waals surface area (Å²) < 4.78 is 5.10. The Morgan fingerprint density at radius 2 is 2.35 bits per heavy atom. The first kappa shape index (κ1) is 11.7. The fourth-order valence-corrected chi connectivity index (χ4v) is 1.79. The lowest BCUT2D eigenvalue weighted by atomic mass is 10.2. The van der Waals surface area contributed by atoms with Crippen molar-refractivity contribution in [3.63, 3.8) is 0 Å². The molecule has 5 nitrogen and oxygen atoms in total. The van der Waals surface area contributed by atoms with E-state index in [-0.39, 0.29) is 12.3 Å². The van der Waals surface area contributed by atoms with E-state index in [4.69, 9.17) is 22.1 Å². The number of methoxy groups -OCH3 is 1. The van der Waals surface area contributed by atoms with E-state index >= 15 is 0 Å². The Balaban J connectivity index is 2.16. The number of amides is 1. The summed E-state index contributed by atoms with van der Waals surface area (Å²) in [6.07, 6.45) is 0.185. The zero-order chi connectivity index (χ0) is 12.4. The Morgan fingerprint density at radius 1 is 1.59 bits per heavy atom. The van der Waals surface area contributed by atoms with Crippen molar-refractivity contribution < 1.29 is 9.53 Å². The lowest BCUT2D eigenvalue weighted by Crippen LogP contribution is -2.20. The van der Waals surface area contributed by atoms with Gasteiger partial charge in [-0.3, -0.25) is 4.79 Å². The standard InChI is InChI=1S/C11H12ClN3O2/c1-17-9-4-7(2-3-8(9)12)6-15-11(16)5-10(13)14-15/h2-4H,5-6H2,1H3,(H2,13,14). The lowest BCUT2D eigenvalue weighted by Gasteiger charge is -2.12. The van der Waals surface area contributed by atoms with E-state index in [0.717, 1.165) is 5.56 Å². The van der Waals surface area contributed by atoms with E-state index < -0.39 is 0 Å². The number of nitrogens with two attached hydrogens (primary N) is 1. The second-order valence-electron chi connectivity index (χ2n) is 3.69.